The number of nitrogens with zero attached hydrogens (tertiary/aromatic N) is 4. The molecule has 0 aliphatic heterocycles. The summed E-state index contributed by atoms with van der Waals surface area (Å²) in [4.78, 5) is 0. The van der Waals surface area contributed by atoms with Crippen LogP contribution in [0.1, 0.15) is 0 Å². The molecular weight excluding hydrogens is 585 g/mol. The third-order valence-corrected chi connectivity index (χ3v) is 10.6. The van der Waals surface area contributed by atoms with Crippen LogP contribution < -0.4 is 0 Å². The van der Waals surface area contributed by atoms with Crippen LogP contribution in [0.15, 0.2) is 158 Å². The van der Waals surface area contributed by atoms with Crippen LogP contribution in [0.3, 0.4) is 0 Å². The first kappa shape index (κ1) is 24.7. The van der Waals surface area contributed by atoms with Crippen molar-refractivity contribution in [2.75, 3.05) is 0 Å². The summed E-state index contributed by atoms with van der Waals surface area (Å²) in [6, 6.07) is 57.9. The third kappa shape index (κ3) is 2.88. The van der Waals surface area contributed by atoms with E-state index in [-0.39, 0.29) is 0 Å². The van der Waals surface area contributed by atoms with Gasteiger partial charge in [-0.3, -0.25) is 8.97 Å². The molecule has 5 aromatic heterocycles. The summed E-state index contributed by atoms with van der Waals surface area (Å²) in [5.74, 6) is 0. The second kappa shape index (κ2) is 8.64. The standard InChI is InChI=1S/C44H26N4/c1-4-18-35-27(11-1)25-41-46(38-21-7-8-22-39(38)47(35)41)29-13-9-12-28(26-29)45-37-20-6-3-15-34(37)42-40(45)24-23-33-32-17-10-16-31-30-14-2-5-19-36(30)48(43(31)32)44(33)42/h1-26H. The maximum Gasteiger partial charge on any atom is 0.123 e. The first-order valence-electron chi connectivity index (χ1n) is 16.5. The van der Waals surface area contributed by atoms with Crippen LogP contribution >= 0.6 is 0 Å². The molecule has 4 heteroatoms. The minimum Gasteiger partial charge on any atom is -0.309 e. The van der Waals surface area contributed by atoms with E-state index in [1.807, 2.05) is 0 Å². The number of para-hydroxylation sites is 6. The highest BCUT2D eigenvalue weighted by Gasteiger charge is 2.23. The summed E-state index contributed by atoms with van der Waals surface area (Å²) in [6.07, 6.45) is 0. The van der Waals surface area contributed by atoms with E-state index in [0.29, 0.717) is 0 Å². The van der Waals surface area contributed by atoms with Gasteiger partial charge in [0.25, 0.3) is 0 Å². The van der Waals surface area contributed by atoms with Gasteiger partial charge in [-0.2, -0.15) is 0 Å². The molecule has 7 aromatic carbocycles. The molecule has 0 saturated carbocycles. The smallest absolute Gasteiger partial charge is 0.123 e. The lowest BCUT2D eigenvalue weighted by Gasteiger charge is -2.12. The maximum atomic E-state index is 2.52. The number of imidazole rings is 1. The molecule has 0 N–H and O–H groups in total. The minimum atomic E-state index is 1.14. The third-order valence-electron chi connectivity index (χ3n) is 10.6. The van der Waals surface area contributed by atoms with Crippen molar-refractivity contribution in [3.63, 3.8) is 0 Å². The lowest BCUT2D eigenvalue weighted by Crippen LogP contribution is -1.98. The number of hydrogen-bond donors (Lipinski definition) is 0. The van der Waals surface area contributed by atoms with Gasteiger partial charge in [0.1, 0.15) is 5.65 Å². The van der Waals surface area contributed by atoms with Gasteiger partial charge in [-0.25, -0.2) is 0 Å². The molecule has 0 unspecified atom stereocenters. The van der Waals surface area contributed by atoms with E-state index in [9.17, 15) is 0 Å². The Kier molecular flexibility index (Phi) is 4.44. The van der Waals surface area contributed by atoms with Crippen molar-refractivity contribution in [1.29, 1.82) is 0 Å². The average Bonchev–Trinajstić information content (AvgIpc) is 3.92. The summed E-state index contributed by atoms with van der Waals surface area (Å²) in [6.45, 7) is 0. The first-order valence-corrected chi connectivity index (χ1v) is 16.5. The Labute approximate surface area is 273 Å². The number of aromatic nitrogens is 4. The Balaban J connectivity index is 1.20. The fourth-order valence-electron chi connectivity index (χ4n) is 8.80. The SMILES string of the molecule is c1cc(-n2c3ccccc3c3c2ccc2c4cccc5c6ccccc6n(c54)c23)cc(-n2c3ccccc3n3c4ccccc4cc23)c1. The molecule has 0 atom stereocenters. The zero-order valence-electron chi connectivity index (χ0n) is 25.8. The molecule has 48 heavy (non-hydrogen) atoms. The molecule has 12 rings (SSSR count). The van der Waals surface area contributed by atoms with Gasteiger partial charge in [0.15, 0.2) is 0 Å². The van der Waals surface area contributed by atoms with Crippen LogP contribution in [-0.2, 0) is 0 Å². The summed E-state index contributed by atoms with van der Waals surface area (Å²) >= 11 is 0. The lowest BCUT2D eigenvalue weighted by atomic mass is 10.1. The number of hydrogen-bond acceptors (Lipinski definition) is 0. The van der Waals surface area contributed by atoms with Crippen molar-refractivity contribution >= 4 is 87.5 Å². The Morgan fingerprint density at radius 2 is 0.917 bits per heavy atom. The van der Waals surface area contributed by atoms with Crippen molar-refractivity contribution in [3.05, 3.63) is 158 Å². The molecule has 0 aliphatic carbocycles. The van der Waals surface area contributed by atoms with E-state index < -0.39 is 0 Å². The number of fused-ring (bicyclic) bond motifs is 15. The fourth-order valence-corrected chi connectivity index (χ4v) is 8.80. The predicted molar refractivity (Wildman–Crippen MR) is 201 cm³/mol. The van der Waals surface area contributed by atoms with E-state index >= 15 is 0 Å². The summed E-state index contributed by atoms with van der Waals surface area (Å²) in [5.41, 5.74) is 13.3. The van der Waals surface area contributed by atoms with Crippen molar-refractivity contribution < 1.29 is 0 Å². The second-order valence-electron chi connectivity index (χ2n) is 13.0. The largest absolute Gasteiger partial charge is 0.309 e. The van der Waals surface area contributed by atoms with Gasteiger partial charge in [-0.1, -0.05) is 97.1 Å². The lowest BCUT2D eigenvalue weighted by molar-refractivity contribution is 1.12. The predicted octanol–water partition coefficient (Wildman–Crippen LogP) is 11.3. The average molecular weight is 611 g/mol. The summed E-state index contributed by atoms with van der Waals surface area (Å²) in [7, 11) is 0. The molecule has 0 bridgehead atoms. The van der Waals surface area contributed by atoms with E-state index in [2.05, 4.69) is 176 Å². The van der Waals surface area contributed by atoms with Crippen LogP contribution in [0.4, 0.5) is 0 Å². The maximum absolute atomic E-state index is 2.52. The van der Waals surface area contributed by atoms with Gasteiger partial charge in [-0.15, -0.1) is 0 Å². The minimum absolute atomic E-state index is 1.14. The Morgan fingerprint density at radius 1 is 0.312 bits per heavy atom. The molecule has 0 amide bonds. The molecule has 0 aliphatic rings. The van der Waals surface area contributed by atoms with Gasteiger partial charge in [0, 0.05) is 49.1 Å². The highest BCUT2D eigenvalue weighted by atomic mass is 15.1. The van der Waals surface area contributed by atoms with Crippen molar-refractivity contribution in [1.82, 2.24) is 17.9 Å². The molecule has 12 aromatic rings. The molecule has 0 radical (unpaired) electrons. The highest BCUT2D eigenvalue weighted by molar-refractivity contribution is 6.30. The normalized spacial score (nSPS) is 12.6. The Hall–Kier alpha value is -6.52. The monoisotopic (exact) mass is 610 g/mol. The molecule has 4 nitrogen and oxygen atoms in total. The van der Waals surface area contributed by atoms with Gasteiger partial charge >= 0.3 is 0 Å². The van der Waals surface area contributed by atoms with Crippen molar-refractivity contribution in [2.45, 2.75) is 0 Å². The van der Waals surface area contributed by atoms with Gasteiger partial charge < -0.3 is 8.97 Å². The molecule has 0 fully saturated rings. The molecular formula is C44H26N4. The van der Waals surface area contributed by atoms with Gasteiger partial charge in [0.05, 0.1) is 44.1 Å². The highest BCUT2D eigenvalue weighted by Crippen LogP contribution is 2.44. The van der Waals surface area contributed by atoms with Crippen LogP contribution in [-0.4, -0.2) is 17.9 Å². The van der Waals surface area contributed by atoms with Gasteiger partial charge in [0.2, 0.25) is 0 Å². The van der Waals surface area contributed by atoms with Crippen LogP contribution in [0.25, 0.3) is 98.9 Å². The van der Waals surface area contributed by atoms with E-state index in [1.165, 1.54) is 81.8 Å². The number of rotatable bonds is 2. The molecule has 5 heterocycles. The topological polar surface area (TPSA) is 18.7 Å². The Morgan fingerprint density at radius 3 is 1.77 bits per heavy atom. The van der Waals surface area contributed by atoms with Crippen LogP contribution in [0, 0.1) is 0 Å². The van der Waals surface area contributed by atoms with Crippen LogP contribution in [0.5, 0.6) is 0 Å². The molecule has 0 spiro atoms. The Bertz CT molecular complexity index is 3290. The molecule has 0 saturated heterocycles. The summed E-state index contributed by atoms with van der Waals surface area (Å²) in [5, 5.41) is 9.02. The quantitative estimate of drug-likeness (QED) is 0.185. The molecule has 222 valence electrons. The van der Waals surface area contributed by atoms with Crippen molar-refractivity contribution in [3.8, 4) is 11.4 Å². The van der Waals surface area contributed by atoms with E-state index in [1.54, 1.807) is 0 Å². The first-order chi connectivity index (χ1) is 23.8. The van der Waals surface area contributed by atoms with Crippen molar-refractivity contribution in [2.24, 2.45) is 0 Å². The van der Waals surface area contributed by atoms with E-state index in [4.69, 9.17) is 0 Å². The zero-order valence-corrected chi connectivity index (χ0v) is 25.8. The van der Waals surface area contributed by atoms with E-state index in [0.717, 1.165) is 17.0 Å². The summed E-state index contributed by atoms with van der Waals surface area (Å²) < 4.78 is 9.77. The second-order valence-corrected chi connectivity index (χ2v) is 13.0. The van der Waals surface area contributed by atoms with Crippen LogP contribution in [0.2, 0.25) is 0 Å². The number of benzene rings is 7. The zero-order chi connectivity index (χ0) is 31.1. The fraction of sp³-hybridized carbons (Fsp3) is 0. The van der Waals surface area contributed by atoms with Gasteiger partial charge in [-0.05, 0) is 60.7 Å².